The van der Waals surface area contributed by atoms with Crippen molar-refractivity contribution in [1.29, 1.82) is 0 Å². The van der Waals surface area contributed by atoms with Crippen LogP contribution in [0.4, 0.5) is 0 Å². The Morgan fingerprint density at radius 3 is 2.78 bits per heavy atom. The van der Waals surface area contributed by atoms with E-state index in [9.17, 15) is 5.11 Å². The number of hydrogen-bond acceptors (Lipinski definition) is 4. The first-order chi connectivity index (χ1) is 8.74. The van der Waals surface area contributed by atoms with Crippen molar-refractivity contribution in [2.24, 2.45) is 0 Å². The zero-order valence-electron chi connectivity index (χ0n) is 11.3. The molecular weight excluding hydrogens is 230 g/mol. The molecule has 0 amide bonds. The van der Waals surface area contributed by atoms with Gasteiger partial charge in [0.2, 0.25) is 0 Å². The van der Waals surface area contributed by atoms with Crippen molar-refractivity contribution >= 4 is 0 Å². The van der Waals surface area contributed by atoms with Gasteiger partial charge in [-0.1, -0.05) is 6.92 Å². The molecule has 3 fully saturated rings. The van der Waals surface area contributed by atoms with E-state index in [1.165, 1.54) is 19.3 Å². The van der Waals surface area contributed by atoms with Gasteiger partial charge in [-0.3, -0.25) is 4.90 Å². The first kappa shape index (κ1) is 12.9. The van der Waals surface area contributed by atoms with Gasteiger partial charge in [-0.05, 0) is 32.2 Å². The summed E-state index contributed by atoms with van der Waals surface area (Å²) in [6, 6.07) is 0.866. The molecule has 4 heteroatoms. The molecule has 0 aromatic heterocycles. The monoisotopic (exact) mass is 255 g/mol. The highest BCUT2D eigenvalue weighted by Crippen LogP contribution is 2.40. The molecule has 0 aromatic rings. The van der Waals surface area contributed by atoms with E-state index in [1.807, 2.05) is 0 Å². The molecule has 4 nitrogen and oxygen atoms in total. The number of ether oxygens (including phenoxy) is 2. The minimum atomic E-state index is -0.384. The summed E-state index contributed by atoms with van der Waals surface area (Å²) in [6.07, 6.45) is 5.98. The van der Waals surface area contributed by atoms with E-state index in [-0.39, 0.29) is 17.9 Å². The smallest absolute Gasteiger partial charge is 0.170 e. The summed E-state index contributed by atoms with van der Waals surface area (Å²) in [5.74, 6) is -0.384. The predicted molar refractivity (Wildman–Crippen MR) is 68.3 cm³/mol. The fourth-order valence-electron chi connectivity index (χ4n) is 3.95. The van der Waals surface area contributed by atoms with E-state index < -0.39 is 0 Å². The van der Waals surface area contributed by atoms with Crippen LogP contribution in [0.25, 0.3) is 0 Å². The van der Waals surface area contributed by atoms with Crippen LogP contribution in [0.1, 0.15) is 45.4 Å². The molecule has 3 aliphatic rings. The standard InChI is InChI=1S/C14H25NO3/c1-2-11-4-3-7-15(11)12-10-14(6-5-13(12)16)17-8-9-18-14/h11-13,16H,2-10H2,1H3. The lowest BCUT2D eigenvalue weighted by atomic mass is 9.86. The molecule has 2 heterocycles. The molecule has 3 rings (SSSR count). The van der Waals surface area contributed by atoms with Crippen LogP contribution in [-0.4, -0.2) is 53.7 Å². The van der Waals surface area contributed by atoms with Gasteiger partial charge in [0.1, 0.15) is 0 Å². The average Bonchev–Trinajstić information content (AvgIpc) is 3.02. The maximum atomic E-state index is 10.3. The summed E-state index contributed by atoms with van der Waals surface area (Å²) in [5, 5.41) is 10.3. The van der Waals surface area contributed by atoms with Crippen molar-refractivity contribution in [2.75, 3.05) is 19.8 Å². The summed E-state index contributed by atoms with van der Waals surface area (Å²) in [7, 11) is 0. The van der Waals surface area contributed by atoms with Crippen molar-refractivity contribution in [1.82, 2.24) is 4.90 Å². The molecule has 18 heavy (non-hydrogen) atoms. The number of aliphatic hydroxyl groups excluding tert-OH is 1. The Labute approximate surface area is 109 Å². The van der Waals surface area contributed by atoms with Gasteiger partial charge >= 0.3 is 0 Å². The molecule has 104 valence electrons. The van der Waals surface area contributed by atoms with E-state index in [0.717, 1.165) is 25.8 Å². The molecule has 0 aromatic carbocycles. The SMILES string of the molecule is CCC1CCCN1C1CC2(CCC1O)OCCO2. The lowest BCUT2D eigenvalue weighted by Crippen LogP contribution is -2.54. The van der Waals surface area contributed by atoms with E-state index >= 15 is 0 Å². The molecule has 0 radical (unpaired) electrons. The zero-order chi connectivity index (χ0) is 12.6. The predicted octanol–water partition coefficient (Wildman–Crippen LogP) is 1.52. The van der Waals surface area contributed by atoms with Crippen LogP contribution in [-0.2, 0) is 9.47 Å². The van der Waals surface area contributed by atoms with Gasteiger partial charge in [0.25, 0.3) is 0 Å². The zero-order valence-corrected chi connectivity index (χ0v) is 11.3. The van der Waals surface area contributed by atoms with Crippen LogP contribution in [0.3, 0.4) is 0 Å². The molecule has 2 aliphatic heterocycles. The van der Waals surface area contributed by atoms with E-state index in [2.05, 4.69) is 11.8 Å². The largest absolute Gasteiger partial charge is 0.391 e. The number of nitrogens with zero attached hydrogens (tertiary/aromatic N) is 1. The summed E-state index contributed by atoms with van der Waals surface area (Å²) in [5.41, 5.74) is 0. The highest BCUT2D eigenvalue weighted by molar-refractivity contribution is 4.96. The fourth-order valence-corrected chi connectivity index (χ4v) is 3.95. The summed E-state index contributed by atoms with van der Waals surface area (Å²) in [4.78, 5) is 2.51. The van der Waals surface area contributed by atoms with Crippen LogP contribution in [0.5, 0.6) is 0 Å². The summed E-state index contributed by atoms with van der Waals surface area (Å²) in [6.45, 7) is 4.78. The normalized spacial score (nSPS) is 40.7. The van der Waals surface area contributed by atoms with E-state index in [4.69, 9.17) is 9.47 Å². The Hall–Kier alpha value is -0.160. The van der Waals surface area contributed by atoms with Crippen molar-refractivity contribution < 1.29 is 14.6 Å². The van der Waals surface area contributed by atoms with Crippen molar-refractivity contribution in [3.8, 4) is 0 Å². The third kappa shape index (κ3) is 2.20. The molecule has 1 saturated carbocycles. The molecule has 2 saturated heterocycles. The first-order valence-electron chi connectivity index (χ1n) is 7.46. The van der Waals surface area contributed by atoms with Crippen LogP contribution >= 0.6 is 0 Å². The maximum absolute atomic E-state index is 10.3. The van der Waals surface area contributed by atoms with Gasteiger partial charge in [0.05, 0.1) is 19.3 Å². The van der Waals surface area contributed by atoms with Crippen LogP contribution in [0, 0.1) is 0 Å². The minimum Gasteiger partial charge on any atom is -0.391 e. The highest BCUT2D eigenvalue weighted by Gasteiger charge is 2.47. The topological polar surface area (TPSA) is 41.9 Å². The Kier molecular flexibility index (Phi) is 3.63. The quantitative estimate of drug-likeness (QED) is 0.812. The molecular formula is C14H25NO3. The molecule has 3 unspecified atom stereocenters. The molecule has 1 N–H and O–H groups in total. The van der Waals surface area contributed by atoms with Gasteiger partial charge in [-0.2, -0.15) is 0 Å². The maximum Gasteiger partial charge on any atom is 0.170 e. The van der Waals surface area contributed by atoms with Crippen molar-refractivity contribution in [2.45, 2.75) is 69.4 Å². The minimum absolute atomic E-state index is 0.212. The molecule has 1 spiro atoms. The molecule has 3 atom stereocenters. The first-order valence-corrected chi connectivity index (χ1v) is 7.46. The number of aliphatic hydroxyl groups is 1. The van der Waals surface area contributed by atoms with Crippen LogP contribution in [0.2, 0.25) is 0 Å². The fraction of sp³-hybridized carbons (Fsp3) is 1.00. The Morgan fingerprint density at radius 2 is 2.06 bits per heavy atom. The van der Waals surface area contributed by atoms with Gasteiger partial charge in [-0.25, -0.2) is 0 Å². The molecule has 0 bridgehead atoms. The second kappa shape index (κ2) is 5.08. The Balaban J connectivity index is 1.72. The highest BCUT2D eigenvalue weighted by atomic mass is 16.7. The second-order valence-corrected chi connectivity index (χ2v) is 5.93. The van der Waals surface area contributed by atoms with Gasteiger partial charge in [-0.15, -0.1) is 0 Å². The van der Waals surface area contributed by atoms with Gasteiger partial charge < -0.3 is 14.6 Å². The van der Waals surface area contributed by atoms with Gasteiger partial charge in [0.15, 0.2) is 5.79 Å². The van der Waals surface area contributed by atoms with Crippen molar-refractivity contribution in [3.63, 3.8) is 0 Å². The van der Waals surface area contributed by atoms with Crippen molar-refractivity contribution in [3.05, 3.63) is 0 Å². The third-order valence-corrected chi connectivity index (χ3v) is 4.92. The van der Waals surface area contributed by atoms with E-state index in [0.29, 0.717) is 19.3 Å². The third-order valence-electron chi connectivity index (χ3n) is 4.92. The summed E-state index contributed by atoms with van der Waals surface area (Å²) >= 11 is 0. The Bertz CT molecular complexity index is 291. The number of hydrogen-bond donors (Lipinski definition) is 1. The van der Waals surface area contributed by atoms with E-state index in [1.54, 1.807) is 0 Å². The van der Waals surface area contributed by atoms with Crippen LogP contribution < -0.4 is 0 Å². The number of likely N-dealkylation sites (tertiary alicyclic amines) is 1. The lowest BCUT2D eigenvalue weighted by molar-refractivity contribution is -0.206. The molecule has 1 aliphatic carbocycles. The van der Waals surface area contributed by atoms with Gasteiger partial charge in [0, 0.05) is 24.9 Å². The average molecular weight is 255 g/mol. The lowest BCUT2D eigenvalue weighted by Gasteiger charge is -2.44. The van der Waals surface area contributed by atoms with Crippen LogP contribution in [0.15, 0.2) is 0 Å². The second-order valence-electron chi connectivity index (χ2n) is 5.93. The summed E-state index contributed by atoms with van der Waals surface area (Å²) < 4.78 is 11.7. The number of rotatable bonds is 2. The Morgan fingerprint density at radius 1 is 1.28 bits per heavy atom.